The van der Waals surface area contributed by atoms with E-state index in [1.807, 2.05) is 42.7 Å². The van der Waals surface area contributed by atoms with Gasteiger partial charge in [0.2, 0.25) is 0 Å². The molecule has 0 aliphatic rings. The molecule has 0 bridgehead atoms. The number of allylic oxidation sites excluding steroid dienone is 1. The number of rotatable bonds is 3. The van der Waals surface area contributed by atoms with Gasteiger partial charge in [0.25, 0.3) is 0 Å². The van der Waals surface area contributed by atoms with Gasteiger partial charge in [-0.25, -0.2) is 4.79 Å². The van der Waals surface area contributed by atoms with Crippen molar-refractivity contribution in [2.24, 2.45) is 0 Å². The lowest BCUT2D eigenvalue weighted by Crippen LogP contribution is -2.02. The predicted molar refractivity (Wildman–Crippen MR) is 81.4 cm³/mol. The zero-order valence-corrected chi connectivity index (χ0v) is 12.2. The van der Waals surface area contributed by atoms with Gasteiger partial charge in [-0.05, 0) is 49.8 Å². The van der Waals surface area contributed by atoms with E-state index in [2.05, 4.69) is 0 Å². The van der Waals surface area contributed by atoms with Crippen LogP contribution in [0.25, 0.3) is 11.8 Å². The minimum Gasteiger partial charge on any atom is -0.478 e. The minimum atomic E-state index is -0.985. The van der Waals surface area contributed by atoms with Crippen molar-refractivity contribution in [2.45, 2.75) is 13.8 Å². The van der Waals surface area contributed by atoms with Gasteiger partial charge in [-0.1, -0.05) is 6.07 Å². The molecular weight excluding hydrogens is 278 g/mol. The number of hydrogen-bond donors (Lipinski definition) is 1. The number of nitrogens with zero attached hydrogens (tertiary/aromatic N) is 3. The molecule has 0 radical (unpaired) electrons. The molecule has 0 saturated carbocycles. The molecule has 5 heteroatoms. The Morgan fingerprint density at radius 3 is 2.50 bits per heavy atom. The first kappa shape index (κ1) is 15.1. The number of nitriles is 2. The Morgan fingerprint density at radius 2 is 1.91 bits per heavy atom. The SMILES string of the molecule is Cc1cc(C=C(C#N)C#N)c(C)n1-c1cccc(C(=O)O)c1. The van der Waals surface area contributed by atoms with E-state index < -0.39 is 5.97 Å². The Balaban J connectivity index is 2.60. The molecule has 1 aromatic heterocycles. The molecule has 1 N–H and O–H groups in total. The maximum atomic E-state index is 11.1. The van der Waals surface area contributed by atoms with E-state index in [1.54, 1.807) is 12.1 Å². The summed E-state index contributed by atoms with van der Waals surface area (Å²) in [5.41, 5.74) is 3.45. The van der Waals surface area contributed by atoms with E-state index in [0.717, 1.165) is 22.6 Å². The largest absolute Gasteiger partial charge is 0.478 e. The molecule has 0 spiro atoms. The van der Waals surface area contributed by atoms with Crippen molar-refractivity contribution in [1.29, 1.82) is 10.5 Å². The van der Waals surface area contributed by atoms with E-state index in [1.165, 1.54) is 12.1 Å². The molecule has 0 saturated heterocycles. The van der Waals surface area contributed by atoms with Crippen molar-refractivity contribution in [3.05, 3.63) is 58.4 Å². The normalized spacial score (nSPS) is 9.64. The summed E-state index contributed by atoms with van der Waals surface area (Å²) >= 11 is 0. The highest BCUT2D eigenvalue weighted by Crippen LogP contribution is 2.23. The Kier molecular flexibility index (Phi) is 4.11. The van der Waals surface area contributed by atoms with Crippen molar-refractivity contribution in [1.82, 2.24) is 4.57 Å². The lowest BCUT2D eigenvalue weighted by molar-refractivity contribution is 0.0697. The molecule has 22 heavy (non-hydrogen) atoms. The fourth-order valence-corrected chi connectivity index (χ4v) is 2.35. The summed E-state index contributed by atoms with van der Waals surface area (Å²) in [6.07, 6.45) is 1.53. The van der Waals surface area contributed by atoms with Crippen LogP contribution >= 0.6 is 0 Å². The van der Waals surface area contributed by atoms with Crippen LogP contribution in [-0.2, 0) is 0 Å². The smallest absolute Gasteiger partial charge is 0.335 e. The van der Waals surface area contributed by atoms with Gasteiger partial charge in [-0.2, -0.15) is 10.5 Å². The number of aryl methyl sites for hydroxylation is 1. The van der Waals surface area contributed by atoms with Crippen LogP contribution in [0.3, 0.4) is 0 Å². The third-order valence-corrected chi connectivity index (χ3v) is 3.36. The van der Waals surface area contributed by atoms with Crippen LogP contribution in [0, 0.1) is 36.5 Å². The molecule has 0 fully saturated rings. The van der Waals surface area contributed by atoms with Crippen molar-refractivity contribution >= 4 is 12.0 Å². The second-order valence-corrected chi connectivity index (χ2v) is 4.80. The fraction of sp³-hybridized carbons (Fsp3) is 0.118. The Hall–Kier alpha value is -3.31. The molecule has 0 amide bonds. The molecule has 0 atom stereocenters. The van der Waals surface area contributed by atoms with Crippen LogP contribution in [0.4, 0.5) is 0 Å². The highest BCUT2D eigenvalue weighted by molar-refractivity contribution is 5.88. The first-order valence-electron chi connectivity index (χ1n) is 6.52. The van der Waals surface area contributed by atoms with Crippen LogP contribution in [0.2, 0.25) is 0 Å². The summed E-state index contributed by atoms with van der Waals surface area (Å²) in [6.45, 7) is 3.74. The zero-order chi connectivity index (χ0) is 16.3. The monoisotopic (exact) mass is 291 g/mol. The number of aromatic carboxylic acids is 1. The van der Waals surface area contributed by atoms with Gasteiger partial charge in [-0.3, -0.25) is 0 Å². The molecule has 1 aromatic carbocycles. The summed E-state index contributed by atoms with van der Waals surface area (Å²) in [5.74, 6) is -0.985. The average Bonchev–Trinajstić information content (AvgIpc) is 2.79. The van der Waals surface area contributed by atoms with Crippen LogP contribution in [0.5, 0.6) is 0 Å². The Morgan fingerprint density at radius 1 is 1.23 bits per heavy atom. The van der Waals surface area contributed by atoms with Crippen LogP contribution in [-0.4, -0.2) is 15.6 Å². The molecule has 108 valence electrons. The van der Waals surface area contributed by atoms with Crippen LogP contribution < -0.4 is 0 Å². The van der Waals surface area contributed by atoms with Gasteiger partial charge in [0.1, 0.15) is 17.7 Å². The summed E-state index contributed by atoms with van der Waals surface area (Å²) in [6, 6.07) is 12.1. The van der Waals surface area contributed by atoms with Gasteiger partial charge < -0.3 is 9.67 Å². The maximum absolute atomic E-state index is 11.1. The molecular formula is C17H13N3O2. The Labute approximate surface area is 128 Å². The average molecular weight is 291 g/mol. The van der Waals surface area contributed by atoms with E-state index in [4.69, 9.17) is 15.6 Å². The Bertz CT molecular complexity index is 845. The first-order valence-corrected chi connectivity index (χ1v) is 6.52. The van der Waals surface area contributed by atoms with E-state index >= 15 is 0 Å². The van der Waals surface area contributed by atoms with Gasteiger partial charge in [0, 0.05) is 17.1 Å². The molecule has 2 aromatic rings. The molecule has 1 heterocycles. The van der Waals surface area contributed by atoms with Gasteiger partial charge in [0.05, 0.1) is 5.56 Å². The molecule has 0 aliphatic heterocycles. The highest BCUT2D eigenvalue weighted by Gasteiger charge is 2.12. The van der Waals surface area contributed by atoms with E-state index in [0.29, 0.717) is 0 Å². The van der Waals surface area contributed by atoms with Crippen LogP contribution in [0.15, 0.2) is 35.9 Å². The summed E-state index contributed by atoms with van der Waals surface area (Å²) in [5, 5.41) is 26.8. The molecule has 0 aliphatic carbocycles. The van der Waals surface area contributed by atoms with Crippen LogP contribution in [0.1, 0.15) is 27.3 Å². The maximum Gasteiger partial charge on any atom is 0.335 e. The number of benzene rings is 1. The summed E-state index contributed by atoms with van der Waals surface area (Å²) < 4.78 is 1.89. The summed E-state index contributed by atoms with van der Waals surface area (Å²) in [7, 11) is 0. The zero-order valence-electron chi connectivity index (χ0n) is 12.2. The van der Waals surface area contributed by atoms with Crippen molar-refractivity contribution in [3.63, 3.8) is 0 Å². The number of hydrogen-bond acceptors (Lipinski definition) is 3. The van der Waals surface area contributed by atoms with Crippen molar-refractivity contribution < 1.29 is 9.90 Å². The fourth-order valence-electron chi connectivity index (χ4n) is 2.35. The number of carboxylic acids is 1. The van der Waals surface area contributed by atoms with Gasteiger partial charge in [0.15, 0.2) is 0 Å². The topological polar surface area (TPSA) is 89.8 Å². The number of carboxylic acid groups (broad SMARTS) is 1. The standard InChI is InChI=1S/C17H13N3O2/c1-11-6-15(7-13(9-18)10-19)12(2)20(11)16-5-3-4-14(8-16)17(21)22/h3-8H,1-2H3,(H,21,22). The van der Waals surface area contributed by atoms with Gasteiger partial charge >= 0.3 is 5.97 Å². The quantitative estimate of drug-likeness (QED) is 0.879. The highest BCUT2D eigenvalue weighted by atomic mass is 16.4. The molecule has 5 nitrogen and oxygen atoms in total. The lowest BCUT2D eigenvalue weighted by Gasteiger charge is -2.10. The molecule has 0 unspecified atom stereocenters. The van der Waals surface area contributed by atoms with Gasteiger partial charge in [-0.15, -0.1) is 0 Å². The van der Waals surface area contributed by atoms with E-state index in [-0.39, 0.29) is 11.1 Å². The molecule has 2 rings (SSSR count). The second kappa shape index (κ2) is 5.99. The third-order valence-electron chi connectivity index (χ3n) is 3.36. The minimum absolute atomic E-state index is 0.0273. The number of carbonyl (C=O) groups is 1. The number of aromatic nitrogens is 1. The lowest BCUT2D eigenvalue weighted by atomic mass is 10.1. The predicted octanol–water partition coefficient (Wildman–Crippen LogP) is 3.22. The third kappa shape index (κ3) is 2.74. The van der Waals surface area contributed by atoms with Crippen molar-refractivity contribution in [2.75, 3.05) is 0 Å². The van der Waals surface area contributed by atoms with E-state index in [9.17, 15) is 4.79 Å². The summed E-state index contributed by atoms with van der Waals surface area (Å²) in [4.78, 5) is 11.1. The van der Waals surface area contributed by atoms with Crippen molar-refractivity contribution in [3.8, 4) is 17.8 Å². The first-order chi connectivity index (χ1) is 10.5. The second-order valence-electron chi connectivity index (χ2n) is 4.80.